The third-order valence-electron chi connectivity index (χ3n) is 7.19. The van der Waals surface area contributed by atoms with E-state index in [1.807, 2.05) is 17.0 Å². The molecule has 8 heteroatoms. The van der Waals surface area contributed by atoms with Crippen LogP contribution < -0.4 is 15.8 Å². The van der Waals surface area contributed by atoms with Crippen LogP contribution in [0.5, 0.6) is 0 Å². The Kier molecular flexibility index (Phi) is 5.60. The van der Waals surface area contributed by atoms with Crippen LogP contribution in [0.1, 0.15) is 36.4 Å². The number of nitrogens with zero attached hydrogens (tertiary/aromatic N) is 2. The van der Waals surface area contributed by atoms with Crippen LogP contribution in [0.3, 0.4) is 0 Å². The van der Waals surface area contributed by atoms with Crippen LogP contribution in [0.15, 0.2) is 58.7 Å². The number of hydrogen-bond acceptors (Lipinski definition) is 5. The van der Waals surface area contributed by atoms with Crippen molar-refractivity contribution in [2.45, 2.75) is 31.7 Å². The van der Waals surface area contributed by atoms with Gasteiger partial charge in [-0.2, -0.15) is 0 Å². The normalized spacial score (nSPS) is 18.1. The number of hydrogen-bond donors (Lipinski definition) is 2. The fourth-order valence-electron chi connectivity index (χ4n) is 5.29. The van der Waals surface area contributed by atoms with Gasteiger partial charge in [0.2, 0.25) is 11.9 Å². The van der Waals surface area contributed by atoms with Gasteiger partial charge in [0.15, 0.2) is 0 Å². The van der Waals surface area contributed by atoms with E-state index in [1.165, 1.54) is 28.5 Å². The molecule has 1 amide bonds. The SMILES string of the molecule is O=C(NC1CCc2ccccc21)C1CCN(c2nc3c(-c4ccccc4F)csc3c(=O)[nH]2)CC1. The summed E-state index contributed by atoms with van der Waals surface area (Å²) in [6.07, 6.45) is 3.32. The molecule has 2 aromatic heterocycles. The van der Waals surface area contributed by atoms with Gasteiger partial charge in [-0.25, -0.2) is 9.37 Å². The first-order valence-corrected chi connectivity index (χ1v) is 12.9. The Hall–Kier alpha value is -3.52. The minimum Gasteiger partial charge on any atom is -0.349 e. The number of aromatic amines is 1. The summed E-state index contributed by atoms with van der Waals surface area (Å²) in [4.78, 5) is 35.4. The Morgan fingerprint density at radius 1 is 1.06 bits per heavy atom. The number of carbonyl (C=O) groups is 1. The summed E-state index contributed by atoms with van der Waals surface area (Å²) in [5, 5.41) is 5.04. The third-order valence-corrected chi connectivity index (χ3v) is 8.16. The quantitative estimate of drug-likeness (QED) is 0.432. The maximum atomic E-state index is 14.4. The zero-order valence-electron chi connectivity index (χ0n) is 19.1. The predicted molar refractivity (Wildman–Crippen MR) is 136 cm³/mol. The van der Waals surface area contributed by atoms with Crippen molar-refractivity contribution in [2.24, 2.45) is 5.92 Å². The first-order chi connectivity index (χ1) is 17.1. The number of piperidine rings is 1. The molecule has 2 aliphatic rings. The zero-order chi connectivity index (χ0) is 23.9. The molecule has 1 aliphatic carbocycles. The van der Waals surface area contributed by atoms with Crippen molar-refractivity contribution in [2.75, 3.05) is 18.0 Å². The Labute approximate surface area is 205 Å². The van der Waals surface area contributed by atoms with Gasteiger partial charge in [-0.15, -0.1) is 11.3 Å². The van der Waals surface area contributed by atoms with Crippen LogP contribution in [0, 0.1) is 11.7 Å². The van der Waals surface area contributed by atoms with Crippen molar-refractivity contribution in [3.05, 3.63) is 81.2 Å². The highest BCUT2D eigenvalue weighted by molar-refractivity contribution is 7.17. The molecule has 1 aliphatic heterocycles. The zero-order valence-corrected chi connectivity index (χ0v) is 19.9. The van der Waals surface area contributed by atoms with Gasteiger partial charge in [0.1, 0.15) is 10.5 Å². The number of nitrogens with one attached hydrogen (secondary N) is 2. The predicted octanol–water partition coefficient (Wildman–Crippen LogP) is 4.81. The van der Waals surface area contributed by atoms with E-state index >= 15 is 0 Å². The van der Waals surface area contributed by atoms with Gasteiger partial charge in [0.05, 0.1) is 11.6 Å². The van der Waals surface area contributed by atoms with Crippen molar-refractivity contribution in [3.63, 3.8) is 0 Å². The molecule has 0 radical (unpaired) electrons. The molecule has 1 saturated heterocycles. The fourth-order valence-corrected chi connectivity index (χ4v) is 6.19. The van der Waals surface area contributed by atoms with Gasteiger partial charge in [-0.1, -0.05) is 42.5 Å². The number of thiophene rings is 1. The Morgan fingerprint density at radius 3 is 2.66 bits per heavy atom. The lowest BCUT2D eigenvalue weighted by molar-refractivity contribution is -0.126. The number of amides is 1. The summed E-state index contributed by atoms with van der Waals surface area (Å²) in [7, 11) is 0. The highest BCUT2D eigenvalue weighted by Gasteiger charge is 2.30. The number of halogens is 1. The number of benzene rings is 2. The molecule has 2 aromatic carbocycles. The van der Waals surface area contributed by atoms with Crippen LogP contribution in [0.25, 0.3) is 21.3 Å². The second-order valence-corrected chi connectivity index (χ2v) is 10.1. The molecule has 1 unspecified atom stereocenters. The van der Waals surface area contributed by atoms with Crippen molar-refractivity contribution < 1.29 is 9.18 Å². The number of carbonyl (C=O) groups excluding carboxylic acids is 1. The summed E-state index contributed by atoms with van der Waals surface area (Å²) in [6, 6.07) is 14.9. The van der Waals surface area contributed by atoms with E-state index < -0.39 is 0 Å². The molecule has 4 aromatic rings. The number of aryl methyl sites for hydroxylation is 1. The highest BCUT2D eigenvalue weighted by atomic mass is 32.1. The summed E-state index contributed by atoms with van der Waals surface area (Å²) in [5.74, 6) is 0.169. The number of anilines is 1. The van der Waals surface area contributed by atoms with E-state index in [0.29, 0.717) is 53.2 Å². The minimum absolute atomic E-state index is 0.0652. The van der Waals surface area contributed by atoms with Crippen molar-refractivity contribution >= 4 is 33.4 Å². The molecule has 2 N–H and O–H groups in total. The van der Waals surface area contributed by atoms with Gasteiger partial charge in [-0.05, 0) is 42.9 Å². The maximum absolute atomic E-state index is 14.4. The number of aromatic nitrogens is 2. The minimum atomic E-state index is -0.340. The van der Waals surface area contributed by atoms with E-state index in [2.05, 4.69) is 22.4 Å². The topological polar surface area (TPSA) is 78.1 Å². The Morgan fingerprint density at radius 2 is 1.83 bits per heavy atom. The largest absolute Gasteiger partial charge is 0.349 e. The second-order valence-electron chi connectivity index (χ2n) is 9.26. The average molecular weight is 489 g/mol. The van der Waals surface area contributed by atoms with E-state index in [-0.39, 0.29) is 29.2 Å². The van der Waals surface area contributed by atoms with E-state index in [1.54, 1.807) is 23.6 Å². The van der Waals surface area contributed by atoms with Gasteiger partial charge in [0.25, 0.3) is 5.56 Å². The molecule has 6 nitrogen and oxygen atoms in total. The lowest BCUT2D eigenvalue weighted by atomic mass is 9.95. The molecular formula is C27H25FN4O2S. The Bertz CT molecular complexity index is 1470. The maximum Gasteiger partial charge on any atom is 0.270 e. The summed E-state index contributed by atoms with van der Waals surface area (Å²) in [5.41, 5.74) is 3.90. The van der Waals surface area contributed by atoms with Crippen molar-refractivity contribution in [3.8, 4) is 11.1 Å². The molecule has 0 spiro atoms. The Balaban J connectivity index is 1.18. The monoisotopic (exact) mass is 488 g/mol. The third kappa shape index (κ3) is 4.01. The van der Waals surface area contributed by atoms with Crippen molar-refractivity contribution in [1.82, 2.24) is 15.3 Å². The fraction of sp³-hybridized carbons (Fsp3) is 0.296. The van der Waals surface area contributed by atoms with E-state index in [9.17, 15) is 14.0 Å². The van der Waals surface area contributed by atoms with Crippen LogP contribution in [0.2, 0.25) is 0 Å². The molecule has 3 heterocycles. The van der Waals surface area contributed by atoms with Gasteiger partial charge >= 0.3 is 0 Å². The van der Waals surface area contributed by atoms with Crippen LogP contribution >= 0.6 is 11.3 Å². The molecule has 178 valence electrons. The first kappa shape index (κ1) is 22.0. The first-order valence-electron chi connectivity index (χ1n) is 12.0. The van der Waals surface area contributed by atoms with Crippen LogP contribution in [-0.2, 0) is 11.2 Å². The molecule has 0 bridgehead atoms. The number of H-pyrrole nitrogens is 1. The van der Waals surface area contributed by atoms with Crippen LogP contribution in [0.4, 0.5) is 10.3 Å². The lowest BCUT2D eigenvalue weighted by Gasteiger charge is -2.32. The summed E-state index contributed by atoms with van der Waals surface area (Å²) < 4.78 is 14.9. The average Bonchev–Trinajstić information content (AvgIpc) is 3.49. The molecule has 0 saturated carbocycles. The lowest BCUT2D eigenvalue weighted by Crippen LogP contribution is -2.42. The molecule has 1 fully saturated rings. The molecule has 1 atom stereocenters. The molecule has 6 rings (SSSR count). The summed E-state index contributed by atoms with van der Waals surface area (Å²) in [6.45, 7) is 1.24. The van der Waals surface area contributed by atoms with Gasteiger partial charge in [0, 0.05) is 35.5 Å². The van der Waals surface area contributed by atoms with Crippen LogP contribution in [-0.4, -0.2) is 29.0 Å². The smallest absolute Gasteiger partial charge is 0.270 e. The van der Waals surface area contributed by atoms with Gasteiger partial charge in [-0.3, -0.25) is 14.6 Å². The van der Waals surface area contributed by atoms with E-state index in [4.69, 9.17) is 4.98 Å². The van der Waals surface area contributed by atoms with Crippen molar-refractivity contribution in [1.29, 1.82) is 0 Å². The molecule has 35 heavy (non-hydrogen) atoms. The second kappa shape index (κ2) is 8.92. The van der Waals surface area contributed by atoms with Gasteiger partial charge < -0.3 is 10.2 Å². The standard InChI is InChI=1S/C27H25FN4O2S/c28-21-8-4-3-7-19(21)20-15-35-24-23(20)30-27(31-26(24)34)32-13-11-17(12-14-32)25(33)29-22-10-9-16-5-1-2-6-18(16)22/h1-8,15,17,22H,9-14H2,(H,29,33)(H,30,31,34). The molecular weight excluding hydrogens is 463 g/mol. The van der Waals surface area contributed by atoms with E-state index in [0.717, 1.165) is 12.8 Å². The highest BCUT2D eigenvalue weighted by Crippen LogP contribution is 2.34. The number of fused-ring (bicyclic) bond motifs is 2. The number of rotatable bonds is 4. The summed E-state index contributed by atoms with van der Waals surface area (Å²) >= 11 is 1.27.